The minimum Gasteiger partial charge on any atom is -0.496 e. The molecule has 2 rings (SSSR count). The first-order valence-electron chi connectivity index (χ1n) is 6.78. The van der Waals surface area contributed by atoms with Crippen LogP contribution in [0.5, 0.6) is 5.75 Å². The third-order valence-corrected chi connectivity index (χ3v) is 4.35. The van der Waals surface area contributed by atoms with Gasteiger partial charge in [0.15, 0.2) is 0 Å². The van der Waals surface area contributed by atoms with Crippen molar-refractivity contribution in [3.63, 3.8) is 0 Å². The van der Waals surface area contributed by atoms with E-state index in [0.29, 0.717) is 5.75 Å². The fourth-order valence-electron chi connectivity index (χ4n) is 2.24. The van der Waals surface area contributed by atoms with E-state index in [1.807, 2.05) is 0 Å². The second-order valence-electron chi connectivity index (χ2n) is 4.74. The number of hydrogen-bond donors (Lipinski definition) is 1. The van der Waals surface area contributed by atoms with Crippen LogP contribution in [0.4, 0.5) is 4.39 Å². The predicted octanol–water partition coefficient (Wildman–Crippen LogP) is 4.29. The molecule has 0 saturated carbocycles. The minimum atomic E-state index is -0.238. The summed E-state index contributed by atoms with van der Waals surface area (Å²) in [6.07, 6.45) is 1.03. The van der Waals surface area contributed by atoms with Gasteiger partial charge in [-0.15, -0.1) is 11.3 Å². The second-order valence-corrected chi connectivity index (χ2v) is 5.69. The molecule has 0 aliphatic carbocycles. The van der Waals surface area contributed by atoms with Crippen molar-refractivity contribution in [2.75, 3.05) is 13.7 Å². The van der Waals surface area contributed by atoms with Crippen molar-refractivity contribution in [2.24, 2.45) is 0 Å². The maximum atomic E-state index is 13.6. The largest absolute Gasteiger partial charge is 0.496 e. The molecule has 2 nitrogen and oxygen atoms in total. The number of benzene rings is 1. The standard InChI is InChI=1S/C16H20FNOS/c1-4-8-18-15(16-11(2)7-9-20-16)13-10-12(17)5-6-14(13)19-3/h5-7,9-10,15,18H,4,8H2,1-3H3. The predicted molar refractivity (Wildman–Crippen MR) is 82.1 cm³/mol. The molecular formula is C16H20FNOS. The molecule has 0 spiro atoms. The molecule has 1 N–H and O–H groups in total. The third-order valence-electron chi connectivity index (χ3n) is 3.27. The lowest BCUT2D eigenvalue weighted by molar-refractivity contribution is 0.402. The van der Waals surface area contributed by atoms with Crippen LogP contribution in [0.15, 0.2) is 29.6 Å². The zero-order valence-electron chi connectivity index (χ0n) is 12.1. The first kappa shape index (κ1) is 15.0. The molecule has 0 aliphatic rings. The Morgan fingerprint density at radius 3 is 2.75 bits per heavy atom. The van der Waals surface area contributed by atoms with Gasteiger partial charge >= 0.3 is 0 Å². The zero-order valence-corrected chi connectivity index (χ0v) is 12.9. The number of halogens is 1. The van der Waals surface area contributed by atoms with Gasteiger partial charge in [-0.3, -0.25) is 0 Å². The van der Waals surface area contributed by atoms with Gasteiger partial charge in [0.25, 0.3) is 0 Å². The van der Waals surface area contributed by atoms with Crippen molar-refractivity contribution >= 4 is 11.3 Å². The van der Waals surface area contributed by atoms with Crippen molar-refractivity contribution in [3.8, 4) is 5.75 Å². The molecular weight excluding hydrogens is 273 g/mol. The van der Waals surface area contributed by atoms with Crippen LogP contribution in [0.3, 0.4) is 0 Å². The normalized spacial score (nSPS) is 12.4. The average Bonchev–Trinajstić information content (AvgIpc) is 2.86. The number of aryl methyl sites for hydroxylation is 1. The Balaban J connectivity index is 2.46. The zero-order chi connectivity index (χ0) is 14.5. The molecule has 1 heterocycles. The summed E-state index contributed by atoms with van der Waals surface area (Å²) in [6.45, 7) is 5.08. The Morgan fingerprint density at radius 1 is 1.35 bits per heavy atom. The van der Waals surface area contributed by atoms with Crippen molar-refractivity contribution < 1.29 is 9.13 Å². The Bertz CT molecular complexity index is 567. The van der Waals surface area contributed by atoms with Crippen LogP contribution in [0.1, 0.15) is 35.4 Å². The van der Waals surface area contributed by atoms with Crippen LogP contribution < -0.4 is 10.1 Å². The highest BCUT2D eigenvalue weighted by molar-refractivity contribution is 7.10. The maximum Gasteiger partial charge on any atom is 0.124 e. The van der Waals surface area contributed by atoms with Gasteiger partial charge in [0, 0.05) is 10.4 Å². The summed E-state index contributed by atoms with van der Waals surface area (Å²) >= 11 is 1.69. The minimum absolute atomic E-state index is 0.0272. The van der Waals surface area contributed by atoms with Crippen LogP contribution in [-0.2, 0) is 0 Å². The Kier molecular flexibility index (Phi) is 5.15. The van der Waals surface area contributed by atoms with E-state index in [0.717, 1.165) is 18.5 Å². The quantitative estimate of drug-likeness (QED) is 0.857. The summed E-state index contributed by atoms with van der Waals surface area (Å²) in [4.78, 5) is 1.21. The summed E-state index contributed by atoms with van der Waals surface area (Å²) in [7, 11) is 1.62. The molecule has 4 heteroatoms. The van der Waals surface area contributed by atoms with Gasteiger partial charge in [-0.05, 0) is 55.1 Å². The van der Waals surface area contributed by atoms with E-state index >= 15 is 0 Å². The first-order chi connectivity index (χ1) is 9.67. The highest BCUT2D eigenvalue weighted by atomic mass is 32.1. The molecule has 0 amide bonds. The van der Waals surface area contributed by atoms with E-state index in [-0.39, 0.29) is 11.9 Å². The molecule has 1 aromatic heterocycles. The Labute approximate surface area is 123 Å². The SMILES string of the molecule is CCCNC(c1cc(F)ccc1OC)c1sccc1C. The van der Waals surface area contributed by atoms with E-state index in [9.17, 15) is 4.39 Å². The number of ether oxygens (including phenoxy) is 1. The Morgan fingerprint density at radius 2 is 2.15 bits per heavy atom. The topological polar surface area (TPSA) is 21.3 Å². The fourth-order valence-corrected chi connectivity index (χ4v) is 3.26. The van der Waals surface area contributed by atoms with E-state index in [1.54, 1.807) is 30.6 Å². The number of rotatable bonds is 6. The molecule has 1 aromatic carbocycles. The summed E-state index contributed by atoms with van der Waals surface area (Å²) in [5, 5.41) is 5.56. The number of hydrogen-bond acceptors (Lipinski definition) is 3. The van der Waals surface area contributed by atoms with Gasteiger partial charge in [-0.1, -0.05) is 6.92 Å². The summed E-state index contributed by atoms with van der Waals surface area (Å²) < 4.78 is 19.0. The van der Waals surface area contributed by atoms with E-state index < -0.39 is 0 Å². The number of nitrogens with one attached hydrogen (secondary N) is 1. The van der Waals surface area contributed by atoms with Crippen LogP contribution in [0, 0.1) is 12.7 Å². The van der Waals surface area contributed by atoms with Gasteiger partial charge < -0.3 is 10.1 Å². The van der Waals surface area contributed by atoms with Crippen LogP contribution in [0.2, 0.25) is 0 Å². The van der Waals surface area contributed by atoms with Crippen LogP contribution >= 0.6 is 11.3 Å². The molecule has 0 bridgehead atoms. The van der Waals surface area contributed by atoms with Gasteiger partial charge in [0.2, 0.25) is 0 Å². The lowest BCUT2D eigenvalue weighted by Crippen LogP contribution is -2.23. The fraction of sp³-hybridized carbons (Fsp3) is 0.375. The molecule has 0 aliphatic heterocycles. The lowest BCUT2D eigenvalue weighted by atomic mass is 10.0. The van der Waals surface area contributed by atoms with Gasteiger partial charge in [0.1, 0.15) is 11.6 Å². The lowest BCUT2D eigenvalue weighted by Gasteiger charge is -2.21. The number of methoxy groups -OCH3 is 1. The average molecular weight is 293 g/mol. The van der Waals surface area contributed by atoms with Gasteiger partial charge in [-0.25, -0.2) is 4.39 Å². The number of thiophene rings is 1. The molecule has 2 aromatic rings. The molecule has 0 saturated heterocycles. The van der Waals surface area contributed by atoms with E-state index in [2.05, 4.69) is 30.6 Å². The van der Waals surface area contributed by atoms with E-state index in [1.165, 1.54) is 16.5 Å². The van der Waals surface area contributed by atoms with Crippen molar-refractivity contribution in [1.29, 1.82) is 0 Å². The third kappa shape index (κ3) is 3.19. The van der Waals surface area contributed by atoms with Crippen molar-refractivity contribution in [1.82, 2.24) is 5.32 Å². The van der Waals surface area contributed by atoms with Gasteiger partial charge in [-0.2, -0.15) is 0 Å². The monoisotopic (exact) mass is 293 g/mol. The summed E-state index contributed by atoms with van der Waals surface area (Å²) in [5.41, 5.74) is 2.07. The smallest absolute Gasteiger partial charge is 0.124 e. The van der Waals surface area contributed by atoms with Crippen LogP contribution in [-0.4, -0.2) is 13.7 Å². The molecule has 1 unspecified atom stereocenters. The highest BCUT2D eigenvalue weighted by Gasteiger charge is 2.21. The highest BCUT2D eigenvalue weighted by Crippen LogP contribution is 2.34. The molecule has 108 valence electrons. The van der Waals surface area contributed by atoms with Crippen molar-refractivity contribution in [3.05, 3.63) is 51.5 Å². The van der Waals surface area contributed by atoms with E-state index in [4.69, 9.17) is 4.74 Å². The Hall–Kier alpha value is -1.39. The summed E-state index contributed by atoms with van der Waals surface area (Å²) in [6, 6.07) is 6.74. The van der Waals surface area contributed by atoms with Crippen molar-refractivity contribution in [2.45, 2.75) is 26.3 Å². The van der Waals surface area contributed by atoms with Gasteiger partial charge in [0.05, 0.1) is 13.2 Å². The first-order valence-corrected chi connectivity index (χ1v) is 7.66. The molecule has 20 heavy (non-hydrogen) atoms. The van der Waals surface area contributed by atoms with Crippen LogP contribution in [0.25, 0.3) is 0 Å². The second kappa shape index (κ2) is 6.86. The summed E-state index contributed by atoms with van der Waals surface area (Å²) in [5.74, 6) is 0.478. The molecule has 1 atom stereocenters. The molecule has 0 radical (unpaired) electrons. The molecule has 0 fully saturated rings. The maximum absolute atomic E-state index is 13.6.